The first kappa shape index (κ1) is 29.5. The quantitative estimate of drug-likeness (QED) is 0.272. The molecule has 0 bridgehead atoms. The molecule has 1 unspecified atom stereocenters. The summed E-state index contributed by atoms with van der Waals surface area (Å²) in [5.74, 6) is -0.444. The van der Waals surface area contributed by atoms with Crippen molar-refractivity contribution in [3.8, 4) is 0 Å². The fraction of sp³-hybridized carbons (Fsp3) is 0.290. The van der Waals surface area contributed by atoms with E-state index in [1.54, 1.807) is 47.4 Å². The topological polar surface area (TPSA) is 95.6 Å². The number of carbonyl (C=O) groups excluding carboxylic acids is 2. The Labute approximate surface area is 241 Å². The van der Waals surface area contributed by atoms with Crippen LogP contribution in [0.2, 0.25) is 5.02 Å². The van der Waals surface area contributed by atoms with Crippen LogP contribution in [0.4, 0.5) is 0 Å². The van der Waals surface area contributed by atoms with E-state index in [9.17, 15) is 18.0 Å². The average molecular weight is 580 g/mol. The Morgan fingerprint density at radius 3 is 2.23 bits per heavy atom. The number of rotatable bonds is 14. The minimum Gasteiger partial charge on any atom is -0.351 e. The maximum absolute atomic E-state index is 13.7. The number of hydrogen-bond acceptors (Lipinski definition) is 4. The smallest absolute Gasteiger partial charge is 0.243 e. The predicted octanol–water partition coefficient (Wildman–Crippen LogP) is 4.66. The molecule has 1 fully saturated rings. The third kappa shape index (κ3) is 8.52. The lowest BCUT2D eigenvalue weighted by Crippen LogP contribution is -2.50. The van der Waals surface area contributed by atoms with Crippen LogP contribution in [0.25, 0.3) is 0 Å². The molecule has 4 rings (SSSR count). The lowest BCUT2D eigenvalue weighted by Gasteiger charge is -2.31. The molecule has 40 heavy (non-hydrogen) atoms. The van der Waals surface area contributed by atoms with Crippen LogP contribution in [-0.4, -0.2) is 43.8 Å². The van der Waals surface area contributed by atoms with E-state index in [0.29, 0.717) is 17.9 Å². The van der Waals surface area contributed by atoms with Crippen molar-refractivity contribution in [1.29, 1.82) is 0 Å². The molecule has 9 heteroatoms. The Hall–Kier alpha value is -3.46. The molecular weight excluding hydrogens is 546 g/mol. The zero-order chi connectivity index (χ0) is 28.5. The van der Waals surface area contributed by atoms with Gasteiger partial charge in [0.15, 0.2) is 0 Å². The van der Waals surface area contributed by atoms with Gasteiger partial charge in [-0.1, -0.05) is 72.3 Å². The predicted molar refractivity (Wildman–Crippen MR) is 157 cm³/mol. The number of aryl methyl sites for hydroxylation is 1. The number of nitrogens with zero attached hydrogens (tertiary/aromatic N) is 1. The van der Waals surface area contributed by atoms with Crippen molar-refractivity contribution >= 4 is 33.4 Å². The molecule has 3 aromatic rings. The molecule has 0 aromatic heterocycles. The molecule has 1 aliphatic carbocycles. The molecule has 1 saturated carbocycles. The van der Waals surface area contributed by atoms with E-state index in [1.807, 2.05) is 42.5 Å². The third-order valence-corrected chi connectivity index (χ3v) is 8.51. The molecule has 2 amide bonds. The molecule has 7 nitrogen and oxygen atoms in total. The Morgan fingerprint density at radius 2 is 1.60 bits per heavy atom. The first-order valence-electron chi connectivity index (χ1n) is 13.3. The highest BCUT2D eigenvalue weighted by Gasteiger charge is 2.30. The fourth-order valence-electron chi connectivity index (χ4n) is 4.35. The number of sulfonamides is 1. The summed E-state index contributed by atoms with van der Waals surface area (Å²) in [4.78, 5) is 28.9. The van der Waals surface area contributed by atoms with Gasteiger partial charge >= 0.3 is 0 Å². The van der Waals surface area contributed by atoms with Crippen LogP contribution in [0.15, 0.2) is 96.4 Å². The minimum atomic E-state index is -3.54. The summed E-state index contributed by atoms with van der Waals surface area (Å²) < 4.78 is 27.6. The Kier molecular flexibility index (Phi) is 10.1. The van der Waals surface area contributed by atoms with E-state index in [1.165, 1.54) is 0 Å². The van der Waals surface area contributed by atoms with Crippen LogP contribution in [0.5, 0.6) is 0 Å². The zero-order valence-corrected chi connectivity index (χ0v) is 23.8. The second-order valence-electron chi connectivity index (χ2n) is 9.93. The van der Waals surface area contributed by atoms with Crippen molar-refractivity contribution in [1.82, 2.24) is 14.9 Å². The Bertz CT molecular complexity index is 1410. The molecule has 1 aliphatic rings. The van der Waals surface area contributed by atoms with E-state index in [-0.39, 0.29) is 42.3 Å². The van der Waals surface area contributed by atoms with E-state index in [0.717, 1.165) is 29.5 Å². The first-order valence-corrected chi connectivity index (χ1v) is 15.2. The van der Waals surface area contributed by atoms with E-state index < -0.39 is 16.1 Å². The standard InChI is InChI=1S/C31H34ClN3O4S/c1-2-20-33-31(37)29(21-24-6-4-3-5-7-24)35(22-25-8-13-26(32)14-9-25)30(36)19-12-23-10-17-28(18-11-23)40(38,39)34-27-15-16-27/h2-11,13-14,17-18,27,29,34H,1,12,15-16,19-22H2,(H,33,37). The van der Waals surface area contributed by atoms with Gasteiger partial charge in [-0.25, -0.2) is 13.1 Å². The maximum Gasteiger partial charge on any atom is 0.243 e. The van der Waals surface area contributed by atoms with Crippen molar-refractivity contribution in [3.05, 3.63) is 113 Å². The van der Waals surface area contributed by atoms with E-state index in [2.05, 4.69) is 16.6 Å². The van der Waals surface area contributed by atoms with Crippen molar-refractivity contribution in [2.45, 2.75) is 55.6 Å². The van der Waals surface area contributed by atoms with Gasteiger partial charge in [-0.15, -0.1) is 6.58 Å². The minimum absolute atomic E-state index is 0.0291. The van der Waals surface area contributed by atoms with Gasteiger partial charge in [-0.05, 0) is 60.2 Å². The number of hydrogen-bond donors (Lipinski definition) is 2. The highest BCUT2D eigenvalue weighted by molar-refractivity contribution is 7.89. The van der Waals surface area contributed by atoms with Crippen molar-refractivity contribution in [2.24, 2.45) is 0 Å². The van der Waals surface area contributed by atoms with Gasteiger partial charge in [0.25, 0.3) is 0 Å². The van der Waals surface area contributed by atoms with Gasteiger partial charge in [0.2, 0.25) is 21.8 Å². The summed E-state index contributed by atoms with van der Waals surface area (Å²) in [6.07, 6.45) is 4.24. The Balaban J connectivity index is 1.53. The van der Waals surface area contributed by atoms with Crippen LogP contribution in [-0.2, 0) is 39.0 Å². The molecule has 0 spiro atoms. The summed E-state index contributed by atoms with van der Waals surface area (Å²) >= 11 is 6.08. The molecule has 0 radical (unpaired) electrons. The zero-order valence-electron chi connectivity index (χ0n) is 22.3. The monoisotopic (exact) mass is 579 g/mol. The number of amides is 2. The highest BCUT2D eigenvalue weighted by atomic mass is 35.5. The van der Waals surface area contributed by atoms with Gasteiger partial charge in [0, 0.05) is 37.0 Å². The van der Waals surface area contributed by atoms with Gasteiger partial charge in [-0.3, -0.25) is 9.59 Å². The second kappa shape index (κ2) is 13.7. The van der Waals surface area contributed by atoms with Gasteiger partial charge < -0.3 is 10.2 Å². The largest absolute Gasteiger partial charge is 0.351 e. The summed E-state index contributed by atoms with van der Waals surface area (Å²) in [6, 6.07) is 22.7. The number of halogens is 1. The molecule has 0 saturated heterocycles. The normalized spacial score (nSPS) is 13.8. The van der Waals surface area contributed by atoms with Crippen LogP contribution < -0.4 is 10.0 Å². The number of carbonyl (C=O) groups is 2. The van der Waals surface area contributed by atoms with Gasteiger partial charge in [-0.2, -0.15) is 0 Å². The average Bonchev–Trinajstić information content (AvgIpc) is 3.77. The van der Waals surface area contributed by atoms with Crippen molar-refractivity contribution < 1.29 is 18.0 Å². The SMILES string of the molecule is C=CCNC(=O)C(Cc1ccccc1)N(Cc1ccc(Cl)cc1)C(=O)CCc1ccc(S(=O)(=O)NC2CC2)cc1. The number of nitrogens with one attached hydrogen (secondary N) is 2. The summed E-state index contributed by atoms with van der Waals surface area (Å²) in [5.41, 5.74) is 2.62. The van der Waals surface area contributed by atoms with Crippen LogP contribution in [0.3, 0.4) is 0 Å². The van der Waals surface area contributed by atoms with Crippen LogP contribution in [0, 0.1) is 0 Å². The molecule has 210 valence electrons. The number of benzene rings is 3. The van der Waals surface area contributed by atoms with Crippen molar-refractivity contribution in [3.63, 3.8) is 0 Å². The fourth-order valence-corrected chi connectivity index (χ4v) is 5.78. The second-order valence-corrected chi connectivity index (χ2v) is 12.1. The first-order chi connectivity index (χ1) is 19.2. The van der Waals surface area contributed by atoms with Crippen LogP contribution in [0.1, 0.15) is 36.0 Å². The molecule has 3 aromatic carbocycles. The molecule has 0 aliphatic heterocycles. The molecular formula is C31H34ClN3O4S. The Morgan fingerprint density at radius 1 is 0.950 bits per heavy atom. The van der Waals surface area contributed by atoms with E-state index in [4.69, 9.17) is 11.6 Å². The summed E-state index contributed by atoms with van der Waals surface area (Å²) in [7, 11) is -3.54. The van der Waals surface area contributed by atoms with Gasteiger partial charge in [0.05, 0.1) is 4.90 Å². The highest BCUT2D eigenvalue weighted by Crippen LogP contribution is 2.23. The molecule has 1 atom stereocenters. The maximum atomic E-state index is 13.7. The lowest BCUT2D eigenvalue weighted by molar-refractivity contribution is -0.141. The van der Waals surface area contributed by atoms with Crippen LogP contribution >= 0.6 is 11.6 Å². The summed E-state index contributed by atoms with van der Waals surface area (Å²) in [6.45, 7) is 4.21. The van der Waals surface area contributed by atoms with E-state index >= 15 is 0 Å². The molecule has 2 N–H and O–H groups in total. The van der Waals surface area contributed by atoms with Crippen molar-refractivity contribution in [2.75, 3.05) is 6.54 Å². The van der Waals surface area contributed by atoms with Gasteiger partial charge in [0.1, 0.15) is 6.04 Å². The third-order valence-electron chi connectivity index (χ3n) is 6.72. The molecule has 0 heterocycles. The lowest BCUT2D eigenvalue weighted by atomic mass is 10.0. The summed E-state index contributed by atoms with van der Waals surface area (Å²) in [5, 5.41) is 3.45.